The Kier molecular flexibility index (Phi) is 4.07. The van der Waals surface area contributed by atoms with Gasteiger partial charge in [0.1, 0.15) is 11.6 Å². The van der Waals surface area contributed by atoms with Gasteiger partial charge in [-0.05, 0) is 18.2 Å². The Bertz CT molecular complexity index is 554. The van der Waals surface area contributed by atoms with Crippen LogP contribution in [0.1, 0.15) is 5.56 Å². The molecule has 0 spiro atoms. The van der Waals surface area contributed by atoms with Crippen LogP contribution in [0.25, 0.3) is 0 Å². The minimum absolute atomic E-state index is 0.0620. The van der Waals surface area contributed by atoms with Crippen molar-refractivity contribution in [1.82, 2.24) is 9.21 Å². The molecular weight excluding hydrogens is 271 g/mol. The van der Waals surface area contributed by atoms with E-state index < -0.39 is 10.0 Å². The van der Waals surface area contributed by atoms with E-state index in [0.717, 1.165) is 0 Å². The van der Waals surface area contributed by atoms with Crippen LogP contribution >= 0.6 is 0 Å². The summed E-state index contributed by atoms with van der Waals surface area (Å²) in [6, 6.07) is 3.84. The summed E-state index contributed by atoms with van der Waals surface area (Å²) in [7, 11) is -3.14. The van der Waals surface area contributed by atoms with E-state index in [1.54, 1.807) is 0 Å². The monoisotopic (exact) mass is 288 g/mol. The predicted octanol–water partition coefficient (Wildman–Crippen LogP) is 0.609. The third-order valence-electron chi connectivity index (χ3n) is 3.24. The van der Waals surface area contributed by atoms with Crippen molar-refractivity contribution in [3.8, 4) is 5.75 Å². The second-order valence-electron chi connectivity index (χ2n) is 4.71. The van der Waals surface area contributed by atoms with Gasteiger partial charge in [0, 0.05) is 38.3 Å². The zero-order valence-corrected chi connectivity index (χ0v) is 11.5. The van der Waals surface area contributed by atoms with Gasteiger partial charge in [-0.1, -0.05) is 0 Å². The quantitative estimate of drug-likeness (QED) is 0.885. The molecule has 1 aliphatic heterocycles. The van der Waals surface area contributed by atoms with E-state index in [-0.39, 0.29) is 11.6 Å². The maximum atomic E-state index is 13.1. The lowest BCUT2D eigenvalue weighted by Gasteiger charge is -2.33. The van der Waals surface area contributed by atoms with Crippen LogP contribution in [0, 0.1) is 5.82 Å². The van der Waals surface area contributed by atoms with E-state index >= 15 is 0 Å². The highest BCUT2D eigenvalue weighted by molar-refractivity contribution is 7.88. The summed E-state index contributed by atoms with van der Waals surface area (Å²) < 4.78 is 37.3. The summed E-state index contributed by atoms with van der Waals surface area (Å²) in [5.41, 5.74) is 0.521. The molecule has 0 saturated carbocycles. The fraction of sp³-hybridized carbons (Fsp3) is 0.500. The van der Waals surface area contributed by atoms with Crippen molar-refractivity contribution in [3.63, 3.8) is 0 Å². The summed E-state index contributed by atoms with van der Waals surface area (Å²) in [5.74, 6) is -0.325. The minimum atomic E-state index is -3.14. The lowest BCUT2D eigenvalue weighted by Crippen LogP contribution is -2.47. The Labute approximate surface area is 112 Å². The number of benzene rings is 1. The highest BCUT2D eigenvalue weighted by Crippen LogP contribution is 2.20. The van der Waals surface area contributed by atoms with Crippen molar-refractivity contribution in [1.29, 1.82) is 0 Å². The van der Waals surface area contributed by atoms with E-state index in [4.69, 9.17) is 0 Å². The van der Waals surface area contributed by atoms with Crippen LogP contribution in [0.2, 0.25) is 0 Å². The molecule has 1 heterocycles. The van der Waals surface area contributed by atoms with Gasteiger partial charge in [0.25, 0.3) is 0 Å². The Balaban J connectivity index is 1.98. The molecule has 1 saturated heterocycles. The molecule has 0 aromatic heterocycles. The Morgan fingerprint density at radius 2 is 1.89 bits per heavy atom. The van der Waals surface area contributed by atoms with E-state index in [1.807, 2.05) is 4.90 Å². The van der Waals surface area contributed by atoms with Crippen molar-refractivity contribution in [2.45, 2.75) is 6.54 Å². The molecule has 0 bridgehead atoms. The number of halogens is 1. The Morgan fingerprint density at radius 3 is 2.47 bits per heavy atom. The second kappa shape index (κ2) is 5.44. The van der Waals surface area contributed by atoms with Crippen LogP contribution < -0.4 is 0 Å². The number of rotatable bonds is 3. The van der Waals surface area contributed by atoms with Crippen LogP contribution in [0.4, 0.5) is 4.39 Å². The first-order valence-corrected chi connectivity index (χ1v) is 7.86. The standard InChI is InChI=1S/C12H17FN2O3S/c1-19(17,18)15-6-4-14(5-7-15)9-10-8-11(13)2-3-12(10)16/h2-3,8,16H,4-7,9H2,1H3. The Morgan fingerprint density at radius 1 is 1.26 bits per heavy atom. The van der Waals surface area contributed by atoms with Gasteiger partial charge in [-0.3, -0.25) is 4.90 Å². The van der Waals surface area contributed by atoms with E-state index in [1.165, 1.54) is 28.8 Å². The van der Waals surface area contributed by atoms with Crippen molar-refractivity contribution < 1.29 is 17.9 Å². The maximum absolute atomic E-state index is 13.1. The molecule has 1 aromatic carbocycles. The number of hydrogen-bond donors (Lipinski definition) is 1. The fourth-order valence-electron chi connectivity index (χ4n) is 2.14. The average molecular weight is 288 g/mol. The van der Waals surface area contributed by atoms with Gasteiger partial charge in [0.15, 0.2) is 0 Å². The second-order valence-corrected chi connectivity index (χ2v) is 6.69. The molecule has 1 N–H and O–H groups in total. The molecule has 0 aliphatic carbocycles. The van der Waals surface area contributed by atoms with Gasteiger partial charge in [-0.2, -0.15) is 4.31 Å². The molecule has 0 radical (unpaired) electrons. The third-order valence-corrected chi connectivity index (χ3v) is 4.54. The first-order valence-electron chi connectivity index (χ1n) is 6.01. The van der Waals surface area contributed by atoms with Gasteiger partial charge in [0.2, 0.25) is 10.0 Å². The number of nitrogens with zero attached hydrogens (tertiary/aromatic N) is 2. The summed E-state index contributed by atoms with van der Waals surface area (Å²) in [4.78, 5) is 2.00. The number of phenolic OH excluding ortho intramolecular Hbond substituents is 1. The number of sulfonamides is 1. The van der Waals surface area contributed by atoms with Crippen molar-refractivity contribution >= 4 is 10.0 Å². The third kappa shape index (κ3) is 3.65. The molecule has 19 heavy (non-hydrogen) atoms. The molecule has 0 unspecified atom stereocenters. The molecule has 106 valence electrons. The van der Waals surface area contributed by atoms with Gasteiger partial charge < -0.3 is 5.11 Å². The predicted molar refractivity (Wildman–Crippen MR) is 69.8 cm³/mol. The highest BCUT2D eigenvalue weighted by atomic mass is 32.2. The zero-order valence-electron chi connectivity index (χ0n) is 10.7. The molecule has 1 aromatic rings. The number of hydrogen-bond acceptors (Lipinski definition) is 4. The summed E-state index contributed by atoms with van der Waals surface area (Å²) in [6.45, 7) is 2.41. The molecule has 1 aliphatic rings. The van der Waals surface area contributed by atoms with Crippen molar-refractivity contribution in [2.75, 3.05) is 32.4 Å². The molecule has 1 fully saturated rings. The minimum Gasteiger partial charge on any atom is -0.508 e. The number of aromatic hydroxyl groups is 1. The molecule has 0 atom stereocenters. The smallest absolute Gasteiger partial charge is 0.211 e. The topological polar surface area (TPSA) is 60.9 Å². The normalized spacial score (nSPS) is 18.6. The van der Waals surface area contributed by atoms with Gasteiger partial charge in [-0.25, -0.2) is 12.8 Å². The van der Waals surface area contributed by atoms with Crippen LogP contribution in [0.3, 0.4) is 0 Å². The van der Waals surface area contributed by atoms with Gasteiger partial charge in [-0.15, -0.1) is 0 Å². The number of piperazine rings is 1. The van der Waals surface area contributed by atoms with E-state index in [9.17, 15) is 17.9 Å². The molecule has 5 nitrogen and oxygen atoms in total. The first kappa shape index (κ1) is 14.2. The summed E-state index contributed by atoms with van der Waals surface area (Å²) in [5, 5.41) is 9.65. The molecule has 7 heteroatoms. The van der Waals surface area contributed by atoms with Gasteiger partial charge in [0.05, 0.1) is 6.26 Å². The molecule has 0 amide bonds. The lowest BCUT2D eigenvalue weighted by atomic mass is 10.1. The van der Waals surface area contributed by atoms with Crippen molar-refractivity contribution in [2.24, 2.45) is 0 Å². The average Bonchev–Trinajstić information content (AvgIpc) is 2.33. The maximum Gasteiger partial charge on any atom is 0.211 e. The fourth-order valence-corrected chi connectivity index (χ4v) is 2.97. The zero-order chi connectivity index (χ0) is 14.0. The highest BCUT2D eigenvalue weighted by Gasteiger charge is 2.23. The van der Waals surface area contributed by atoms with Crippen LogP contribution in [-0.4, -0.2) is 55.2 Å². The lowest BCUT2D eigenvalue weighted by molar-refractivity contribution is 0.180. The first-order chi connectivity index (χ1) is 8.86. The summed E-state index contributed by atoms with van der Waals surface area (Å²) >= 11 is 0. The van der Waals surface area contributed by atoms with E-state index in [2.05, 4.69) is 0 Å². The van der Waals surface area contributed by atoms with Crippen LogP contribution in [0.5, 0.6) is 5.75 Å². The van der Waals surface area contributed by atoms with E-state index in [0.29, 0.717) is 38.3 Å². The van der Waals surface area contributed by atoms with Crippen molar-refractivity contribution in [3.05, 3.63) is 29.6 Å². The molecule has 2 rings (SSSR count). The number of phenols is 1. The van der Waals surface area contributed by atoms with Crippen LogP contribution in [-0.2, 0) is 16.6 Å². The van der Waals surface area contributed by atoms with Gasteiger partial charge >= 0.3 is 0 Å². The molecular formula is C12H17FN2O3S. The summed E-state index contributed by atoms with van der Waals surface area (Å²) in [6.07, 6.45) is 1.20. The van der Waals surface area contributed by atoms with Crippen LogP contribution in [0.15, 0.2) is 18.2 Å². The Hall–Kier alpha value is -1.18. The largest absolute Gasteiger partial charge is 0.508 e. The SMILES string of the molecule is CS(=O)(=O)N1CCN(Cc2cc(F)ccc2O)CC1.